The topological polar surface area (TPSA) is 126 Å². The maximum Gasteiger partial charge on any atom is 0.228 e. The first-order valence-corrected chi connectivity index (χ1v) is 12.8. The third-order valence-corrected chi connectivity index (χ3v) is 7.13. The number of nitrogen functional groups attached to an aromatic ring is 1. The number of piperazine rings is 1. The number of anilines is 4. The second kappa shape index (κ2) is 10.3. The molecule has 3 aliphatic rings. The lowest BCUT2D eigenvalue weighted by molar-refractivity contribution is -0.131. The molecule has 0 spiro atoms. The van der Waals surface area contributed by atoms with Gasteiger partial charge in [0.2, 0.25) is 17.8 Å². The van der Waals surface area contributed by atoms with Gasteiger partial charge in [-0.2, -0.15) is 4.98 Å². The van der Waals surface area contributed by atoms with E-state index in [4.69, 9.17) is 20.4 Å². The average Bonchev–Trinajstić information content (AvgIpc) is 3.38. The smallest absolute Gasteiger partial charge is 0.228 e. The van der Waals surface area contributed by atoms with Crippen LogP contribution in [-0.2, 0) is 22.4 Å². The number of fused-ring (bicyclic) bond motifs is 1. The molecule has 11 nitrogen and oxygen atoms in total. The van der Waals surface area contributed by atoms with E-state index in [9.17, 15) is 4.79 Å². The molecule has 0 radical (unpaired) electrons. The zero-order valence-corrected chi connectivity index (χ0v) is 20.8. The minimum atomic E-state index is 0.180. The van der Waals surface area contributed by atoms with Crippen molar-refractivity contribution in [3.63, 3.8) is 0 Å². The van der Waals surface area contributed by atoms with Crippen LogP contribution in [0.4, 0.5) is 23.4 Å². The van der Waals surface area contributed by atoms with Crippen molar-refractivity contribution in [3.05, 3.63) is 47.8 Å². The fourth-order valence-corrected chi connectivity index (χ4v) is 5.09. The number of nitrogens with one attached hydrogen (secondary N) is 1. The van der Waals surface area contributed by atoms with Gasteiger partial charge in [-0.3, -0.25) is 4.79 Å². The first-order chi connectivity index (χ1) is 18.2. The first kappa shape index (κ1) is 23.6. The van der Waals surface area contributed by atoms with Crippen molar-refractivity contribution < 1.29 is 9.53 Å². The summed E-state index contributed by atoms with van der Waals surface area (Å²) in [6, 6.07) is 8.26. The first-order valence-electron chi connectivity index (χ1n) is 12.8. The average molecular weight is 502 g/mol. The molecule has 0 saturated carbocycles. The highest BCUT2D eigenvalue weighted by Crippen LogP contribution is 2.39. The van der Waals surface area contributed by atoms with Gasteiger partial charge in [0.05, 0.1) is 25.3 Å². The standard InChI is InChI=1S/C26H31N9O2/c27-25-29-16-19(17-30-25)23-21-5-8-35(24(21)32-26(31-23)34-11-13-37-14-12-34)20-3-1-18(2-4-20)15-22(36)33-9-6-28-7-10-33/h1-4,16-17,28H,5-15H2,(H2,27,29,30). The summed E-state index contributed by atoms with van der Waals surface area (Å²) in [6.07, 6.45) is 4.67. The lowest BCUT2D eigenvalue weighted by Gasteiger charge is -2.28. The number of morpholine rings is 1. The number of nitrogens with zero attached hydrogens (tertiary/aromatic N) is 7. The predicted molar refractivity (Wildman–Crippen MR) is 141 cm³/mol. The van der Waals surface area contributed by atoms with E-state index in [0.29, 0.717) is 25.6 Å². The van der Waals surface area contributed by atoms with Crippen molar-refractivity contribution >= 4 is 29.3 Å². The zero-order chi connectivity index (χ0) is 25.2. The Balaban J connectivity index is 1.29. The molecule has 0 unspecified atom stereocenters. The van der Waals surface area contributed by atoms with Crippen LogP contribution in [0.15, 0.2) is 36.7 Å². The van der Waals surface area contributed by atoms with E-state index in [1.165, 1.54) is 0 Å². The Morgan fingerprint density at radius 1 is 0.973 bits per heavy atom. The fourth-order valence-electron chi connectivity index (χ4n) is 5.09. The summed E-state index contributed by atoms with van der Waals surface area (Å²) in [7, 11) is 0. The van der Waals surface area contributed by atoms with E-state index in [1.807, 2.05) is 17.0 Å². The second-order valence-corrected chi connectivity index (χ2v) is 9.48. The summed E-state index contributed by atoms with van der Waals surface area (Å²) in [5.74, 6) is 1.99. The van der Waals surface area contributed by atoms with Crippen molar-refractivity contribution in [1.29, 1.82) is 0 Å². The Kier molecular flexibility index (Phi) is 6.54. The molecule has 37 heavy (non-hydrogen) atoms. The molecule has 2 fully saturated rings. The number of rotatable bonds is 5. The molecule has 0 atom stereocenters. The number of carbonyl (C=O) groups is 1. The number of ether oxygens (including phenoxy) is 1. The van der Waals surface area contributed by atoms with Gasteiger partial charge < -0.3 is 30.5 Å². The van der Waals surface area contributed by atoms with E-state index >= 15 is 0 Å². The minimum absolute atomic E-state index is 0.180. The summed E-state index contributed by atoms with van der Waals surface area (Å²) in [6.45, 7) is 6.84. The Labute approximate surface area is 215 Å². The number of hydrogen-bond acceptors (Lipinski definition) is 10. The predicted octanol–water partition coefficient (Wildman–Crippen LogP) is 1.02. The normalized spacial score (nSPS) is 17.7. The highest BCUT2D eigenvalue weighted by Gasteiger charge is 2.29. The van der Waals surface area contributed by atoms with Crippen LogP contribution in [0.1, 0.15) is 11.1 Å². The Hall–Kier alpha value is -3.83. The Morgan fingerprint density at radius 2 is 1.70 bits per heavy atom. The summed E-state index contributed by atoms with van der Waals surface area (Å²) in [5.41, 5.74) is 10.5. The van der Waals surface area contributed by atoms with Crippen LogP contribution in [-0.4, -0.2) is 89.8 Å². The Bertz CT molecular complexity index is 1250. The second-order valence-electron chi connectivity index (χ2n) is 9.48. The number of hydrogen-bond donors (Lipinski definition) is 2. The van der Waals surface area contributed by atoms with Crippen molar-refractivity contribution in [2.24, 2.45) is 0 Å². The molecular formula is C26H31N9O2. The number of benzene rings is 1. The molecule has 3 aromatic rings. The third kappa shape index (κ3) is 4.92. The van der Waals surface area contributed by atoms with Gasteiger partial charge >= 0.3 is 0 Å². The summed E-state index contributed by atoms with van der Waals surface area (Å²) >= 11 is 0. The zero-order valence-electron chi connectivity index (χ0n) is 20.8. The molecular weight excluding hydrogens is 470 g/mol. The molecule has 6 rings (SSSR count). The van der Waals surface area contributed by atoms with Gasteiger partial charge in [0, 0.05) is 75.0 Å². The molecule has 2 saturated heterocycles. The van der Waals surface area contributed by atoms with Gasteiger partial charge in [-0.25, -0.2) is 15.0 Å². The van der Waals surface area contributed by atoms with Crippen LogP contribution in [0.2, 0.25) is 0 Å². The molecule has 11 heteroatoms. The van der Waals surface area contributed by atoms with Crippen LogP contribution in [0.25, 0.3) is 11.3 Å². The molecule has 2 aromatic heterocycles. The van der Waals surface area contributed by atoms with Gasteiger partial charge in [0.25, 0.3) is 0 Å². The van der Waals surface area contributed by atoms with Crippen molar-refractivity contribution in [1.82, 2.24) is 30.2 Å². The van der Waals surface area contributed by atoms with Crippen LogP contribution in [0, 0.1) is 0 Å². The summed E-state index contributed by atoms with van der Waals surface area (Å²) in [4.78, 5) is 37.4. The van der Waals surface area contributed by atoms with E-state index < -0.39 is 0 Å². The SMILES string of the molecule is Nc1ncc(-c2nc(N3CCOCC3)nc3c2CCN3c2ccc(CC(=O)N3CCNCC3)cc2)cn1. The van der Waals surface area contributed by atoms with Crippen LogP contribution < -0.4 is 20.9 Å². The largest absolute Gasteiger partial charge is 0.378 e. The number of nitrogens with two attached hydrogens (primary N) is 1. The molecule has 5 heterocycles. The molecule has 3 aliphatic heterocycles. The van der Waals surface area contributed by atoms with Gasteiger partial charge in [-0.1, -0.05) is 12.1 Å². The lowest BCUT2D eigenvalue weighted by Crippen LogP contribution is -2.46. The molecule has 192 valence electrons. The maximum absolute atomic E-state index is 12.7. The van der Waals surface area contributed by atoms with Crippen molar-refractivity contribution in [2.45, 2.75) is 12.8 Å². The molecule has 1 aromatic carbocycles. The highest BCUT2D eigenvalue weighted by atomic mass is 16.5. The lowest BCUT2D eigenvalue weighted by atomic mass is 10.1. The monoisotopic (exact) mass is 501 g/mol. The van der Waals surface area contributed by atoms with Gasteiger partial charge in [-0.15, -0.1) is 0 Å². The number of aromatic nitrogens is 4. The van der Waals surface area contributed by atoms with E-state index in [-0.39, 0.29) is 11.9 Å². The van der Waals surface area contributed by atoms with E-state index in [0.717, 1.165) is 86.1 Å². The van der Waals surface area contributed by atoms with Crippen molar-refractivity contribution in [2.75, 3.05) is 74.6 Å². The molecule has 1 amide bonds. The maximum atomic E-state index is 12.7. The Morgan fingerprint density at radius 3 is 2.43 bits per heavy atom. The summed E-state index contributed by atoms with van der Waals surface area (Å²) in [5, 5.41) is 3.29. The molecule has 3 N–H and O–H groups in total. The fraction of sp³-hybridized carbons (Fsp3) is 0.423. The van der Waals surface area contributed by atoms with Crippen LogP contribution >= 0.6 is 0 Å². The van der Waals surface area contributed by atoms with Crippen LogP contribution in [0.5, 0.6) is 0 Å². The quantitative estimate of drug-likeness (QED) is 0.523. The van der Waals surface area contributed by atoms with Gasteiger partial charge in [-0.05, 0) is 24.1 Å². The molecule has 0 aliphatic carbocycles. The van der Waals surface area contributed by atoms with Crippen LogP contribution in [0.3, 0.4) is 0 Å². The van der Waals surface area contributed by atoms with Crippen molar-refractivity contribution in [3.8, 4) is 11.3 Å². The van der Waals surface area contributed by atoms with Gasteiger partial charge in [0.1, 0.15) is 5.82 Å². The minimum Gasteiger partial charge on any atom is -0.378 e. The third-order valence-electron chi connectivity index (χ3n) is 7.13. The number of amides is 1. The number of carbonyl (C=O) groups excluding carboxylic acids is 1. The van der Waals surface area contributed by atoms with Gasteiger partial charge in [0.15, 0.2) is 0 Å². The summed E-state index contributed by atoms with van der Waals surface area (Å²) < 4.78 is 5.54. The van der Waals surface area contributed by atoms with E-state index in [2.05, 4.69) is 37.2 Å². The van der Waals surface area contributed by atoms with E-state index in [1.54, 1.807) is 12.4 Å². The highest BCUT2D eigenvalue weighted by molar-refractivity contribution is 5.80. The molecule has 0 bridgehead atoms.